The Labute approximate surface area is 117 Å². The number of ether oxygens (including phenoxy) is 1. The summed E-state index contributed by atoms with van der Waals surface area (Å²) < 4.78 is 4.62. The van der Waals surface area contributed by atoms with E-state index in [1.807, 2.05) is 30.3 Å². The van der Waals surface area contributed by atoms with Gasteiger partial charge < -0.3 is 9.84 Å². The number of pyridine rings is 1. The molecule has 1 aromatic heterocycles. The van der Waals surface area contributed by atoms with Crippen LogP contribution in [0.15, 0.2) is 42.5 Å². The van der Waals surface area contributed by atoms with Gasteiger partial charge in [-0.05, 0) is 24.3 Å². The van der Waals surface area contributed by atoms with Crippen molar-refractivity contribution >= 4 is 5.97 Å². The zero-order chi connectivity index (χ0) is 14.4. The third-order valence-corrected chi connectivity index (χ3v) is 2.56. The monoisotopic (exact) mass is 267 g/mol. The number of esters is 1. The molecule has 0 saturated carbocycles. The Kier molecular flexibility index (Phi) is 4.48. The number of hydrogen-bond acceptors (Lipinski definition) is 4. The van der Waals surface area contributed by atoms with Gasteiger partial charge in [0.1, 0.15) is 5.69 Å². The molecule has 0 radical (unpaired) electrons. The van der Waals surface area contributed by atoms with Crippen LogP contribution in [0.5, 0.6) is 0 Å². The Morgan fingerprint density at radius 3 is 2.55 bits per heavy atom. The van der Waals surface area contributed by atoms with Crippen molar-refractivity contribution in [2.24, 2.45) is 0 Å². The van der Waals surface area contributed by atoms with E-state index in [2.05, 4.69) is 21.6 Å². The number of rotatable bonds is 2. The SMILES string of the molecule is COC(=O)c1cc(C#Cc2ccccc2)cc(CO)n1. The highest BCUT2D eigenvalue weighted by Gasteiger charge is 2.09. The van der Waals surface area contributed by atoms with Crippen LogP contribution in [0.3, 0.4) is 0 Å². The summed E-state index contributed by atoms with van der Waals surface area (Å²) in [6.07, 6.45) is 0. The molecule has 0 spiro atoms. The number of aromatic nitrogens is 1. The van der Waals surface area contributed by atoms with Crippen molar-refractivity contribution in [1.29, 1.82) is 0 Å². The Balaban J connectivity index is 2.37. The fourth-order valence-corrected chi connectivity index (χ4v) is 1.62. The third kappa shape index (κ3) is 3.44. The Morgan fingerprint density at radius 2 is 1.90 bits per heavy atom. The second kappa shape index (κ2) is 6.50. The summed E-state index contributed by atoms with van der Waals surface area (Å²) in [6.45, 7) is -0.259. The molecule has 4 nitrogen and oxygen atoms in total. The lowest BCUT2D eigenvalue weighted by molar-refractivity contribution is 0.0593. The molecule has 4 heteroatoms. The molecular weight excluding hydrogens is 254 g/mol. The van der Waals surface area contributed by atoms with Crippen molar-refractivity contribution in [2.75, 3.05) is 7.11 Å². The van der Waals surface area contributed by atoms with Crippen molar-refractivity contribution < 1.29 is 14.6 Å². The molecule has 0 aliphatic carbocycles. The molecule has 0 amide bonds. The van der Waals surface area contributed by atoms with Gasteiger partial charge in [-0.3, -0.25) is 0 Å². The number of nitrogens with zero attached hydrogens (tertiary/aromatic N) is 1. The first-order chi connectivity index (χ1) is 9.72. The average molecular weight is 267 g/mol. The minimum absolute atomic E-state index is 0.136. The van der Waals surface area contributed by atoms with Gasteiger partial charge in [-0.15, -0.1) is 0 Å². The smallest absolute Gasteiger partial charge is 0.356 e. The lowest BCUT2D eigenvalue weighted by atomic mass is 10.1. The van der Waals surface area contributed by atoms with Crippen LogP contribution < -0.4 is 0 Å². The topological polar surface area (TPSA) is 59.4 Å². The molecule has 100 valence electrons. The average Bonchev–Trinajstić information content (AvgIpc) is 2.52. The van der Waals surface area contributed by atoms with Gasteiger partial charge >= 0.3 is 5.97 Å². The van der Waals surface area contributed by atoms with E-state index in [1.165, 1.54) is 7.11 Å². The molecule has 0 fully saturated rings. The van der Waals surface area contributed by atoms with Crippen LogP contribution in [0.1, 0.15) is 27.3 Å². The number of benzene rings is 1. The van der Waals surface area contributed by atoms with Crippen LogP contribution in [-0.2, 0) is 11.3 Å². The summed E-state index contributed by atoms with van der Waals surface area (Å²) in [4.78, 5) is 15.5. The number of hydrogen-bond donors (Lipinski definition) is 1. The Bertz CT molecular complexity index is 669. The van der Waals surface area contributed by atoms with Crippen molar-refractivity contribution in [3.8, 4) is 11.8 Å². The van der Waals surface area contributed by atoms with E-state index in [-0.39, 0.29) is 12.3 Å². The molecule has 20 heavy (non-hydrogen) atoms. The first-order valence-corrected chi connectivity index (χ1v) is 6.00. The molecule has 2 aromatic rings. The third-order valence-electron chi connectivity index (χ3n) is 2.56. The molecule has 0 aliphatic heterocycles. The van der Waals surface area contributed by atoms with E-state index in [0.717, 1.165) is 5.56 Å². The lowest BCUT2D eigenvalue weighted by Crippen LogP contribution is -2.07. The van der Waals surface area contributed by atoms with Crippen LogP contribution >= 0.6 is 0 Å². The predicted molar refractivity (Wildman–Crippen MR) is 73.9 cm³/mol. The highest BCUT2D eigenvalue weighted by molar-refractivity contribution is 5.87. The van der Waals surface area contributed by atoms with Crippen molar-refractivity contribution in [1.82, 2.24) is 4.98 Å². The summed E-state index contributed by atoms with van der Waals surface area (Å²) in [7, 11) is 1.28. The molecule has 1 heterocycles. The first kappa shape index (κ1) is 13.8. The molecule has 2 rings (SSSR count). The minimum atomic E-state index is -0.553. The van der Waals surface area contributed by atoms with Crippen LogP contribution in [0, 0.1) is 11.8 Å². The molecule has 0 atom stereocenters. The van der Waals surface area contributed by atoms with Gasteiger partial charge in [0.05, 0.1) is 19.4 Å². The predicted octanol–water partition coefficient (Wildman–Crippen LogP) is 1.76. The van der Waals surface area contributed by atoms with E-state index >= 15 is 0 Å². The molecule has 0 aliphatic rings. The van der Waals surface area contributed by atoms with Gasteiger partial charge in [0, 0.05) is 11.1 Å². The second-order valence-corrected chi connectivity index (χ2v) is 4.00. The fourth-order valence-electron chi connectivity index (χ4n) is 1.62. The largest absolute Gasteiger partial charge is 0.464 e. The maximum Gasteiger partial charge on any atom is 0.356 e. The maximum atomic E-state index is 11.5. The van der Waals surface area contributed by atoms with Gasteiger partial charge in [0.25, 0.3) is 0 Å². The summed E-state index contributed by atoms with van der Waals surface area (Å²) in [6, 6.07) is 12.7. The maximum absolute atomic E-state index is 11.5. The highest BCUT2D eigenvalue weighted by atomic mass is 16.5. The summed E-state index contributed by atoms with van der Waals surface area (Å²) in [5.41, 5.74) is 1.99. The zero-order valence-electron chi connectivity index (χ0n) is 11.0. The van der Waals surface area contributed by atoms with E-state index < -0.39 is 5.97 Å². The molecular formula is C16H13NO3. The molecule has 0 bridgehead atoms. The Morgan fingerprint density at radius 1 is 1.20 bits per heavy atom. The van der Waals surface area contributed by atoms with Gasteiger partial charge in [0.15, 0.2) is 0 Å². The fraction of sp³-hybridized carbons (Fsp3) is 0.125. The zero-order valence-corrected chi connectivity index (χ0v) is 11.0. The first-order valence-electron chi connectivity index (χ1n) is 6.00. The van der Waals surface area contributed by atoms with E-state index in [9.17, 15) is 4.79 Å². The lowest BCUT2D eigenvalue weighted by Gasteiger charge is -2.02. The molecule has 0 saturated heterocycles. The van der Waals surface area contributed by atoms with Crippen LogP contribution in [0.4, 0.5) is 0 Å². The Hall–Kier alpha value is -2.64. The van der Waals surface area contributed by atoms with Crippen LogP contribution in [0.25, 0.3) is 0 Å². The van der Waals surface area contributed by atoms with Crippen LogP contribution in [-0.4, -0.2) is 23.2 Å². The molecule has 1 N–H and O–H groups in total. The van der Waals surface area contributed by atoms with E-state index in [4.69, 9.17) is 5.11 Å². The van der Waals surface area contributed by atoms with E-state index in [1.54, 1.807) is 12.1 Å². The van der Waals surface area contributed by atoms with Gasteiger partial charge in [-0.2, -0.15) is 0 Å². The highest BCUT2D eigenvalue weighted by Crippen LogP contribution is 2.07. The van der Waals surface area contributed by atoms with Gasteiger partial charge in [-0.25, -0.2) is 9.78 Å². The van der Waals surface area contributed by atoms with Gasteiger partial charge in [0.2, 0.25) is 0 Å². The minimum Gasteiger partial charge on any atom is -0.464 e. The summed E-state index contributed by atoms with van der Waals surface area (Å²) >= 11 is 0. The quantitative estimate of drug-likeness (QED) is 0.665. The van der Waals surface area contributed by atoms with Gasteiger partial charge in [-0.1, -0.05) is 30.0 Å². The second-order valence-electron chi connectivity index (χ2n) is 4.00. The van der Waals surface area contributed by atoms with Crippen molar-refractivity contribution in [3.05, 3.63) is 65.0 Å². The number of carbonyl (C=O) groups excluding carboxylic acids is 1. The summed E-state index contributed by atoms with van der Waals surface area (Å²) in [5, 5.41) is 9.16. The number of aliphatic hydroxyl groups is 1. The number of methoxy groups -OCH3 is 1. The summed E-state index contributed by atoms with van der Waals surface area (Å²) in [5.74, 6) is 5.38. The van der Waals surface area contributed by atoms with E-state index in [0.29, 0.717) is 11.3 Å². The normalized spacial score (nSPS) is 9.50. The molecule has 0 unspecified atom stereocenters. The number of carbonyl (C=O) groups is 1. The van der Waals surface area contributed by atoms with Crippen molar-refractivity contribution in [2.45, 2.75) is 6.61 Å². The van der Waals surface area contributed by atoms with Crippen LogP contribution in [0.2, 0.25) is 0 Å². The standard InChI is InChI=1S/C16H13NO3/c1-20-16(19)15-10-13(9-14(11-18)17-15)8-7-12-5-3-2-4-6-12/h2-6,9-10,18H,11H2,1H3. The molecule has 1 aromatic carbocycles. The number of aliphatic hydroxyl groups excluding tert-OH is 1. The van der Waals surface area contributed by atoms with Crippen molar-refractivity contribution in [3.63, 3.8) is 0 Å².